The molecule has 1 aliphatic heterocycles. The third-order valence-electron chi connectivity index (χ3n) is 5.07. The third kappa shape index (κ3) is 4.33. The van der Waals surface area contributed by atoms with Gasteiger partial charge in [-0.3, -0.25) is 4.79 Å². The largest absolute Gasteiger partial charge is 0.444 e. The summed E-state index contributed by atoms with van der Waals surface area (Å²) in [5, 5.41) is 13.6. The highest BCUT2D eigenvalue weighted by Crippen LogP contribution is 2.25. The number of carbonyl (C=O) groups excluding carboxylic acids is 1. The SMILES string of the molecule is CC(C)(C)OC(=O)N1CCC(Nc2ccc3c(c2)c(=O)[nH]c2nnc(Cl)cc23)CC1. The van der Waals surface area contributed by atoms with Crippen LogP contribution in [0.15, 0.2) is 29.1 Å². The van der Waals surface area contributed by atoms with Crippen molar-refractivity contribution in [1.82, 2.24) is 20.1 Å². The number of hydrogen-bond acceptors (Lipinski definition) is 6. The molecular formula is C21H24ClN5O3. The molecule has 30 heavy (non-hydrogen) atoms. The van der Waals surface area contributed by atoms with Crippen molar-refractivity contribution in [3.05, 3.63) is 39.8 Å². The Balaban J connectivity index is 1.49. The number of rotatable bonds is 2. The first kappa shape index (κ1) is 20.4. The fraction of sp³-hybridized carbons (Fsp3) is 0.429. The van der Waals surface area contributed by atoms with E-state index in [1.54, 1.807) is 11.0 Å². The predicted octanol–water partition coefficient (Wildman–Crippen LogP) is 3.94. The number of nitrogens with zero attached hydrogens (tertiary/aromatic N) is 3. The second-order valence-electron chi connectivity index (χ2n) is 8.53. The molecule has 3 heterocycles. The maximum Gasteiger partial charge on any atom is 0.410 e. The number of piperidine rings is 1. The average molecular weight is 430 g/mol. The lowest BCUT2D eigenvalue weighted by Gasteiger charge is -2.34. The summed E-state index contributed by atoms with van der Waals surface area (Å²) < 4.78 is 5.45. The van der Waals surface area contributed by atoms with Gasteiger partial charge in [0.25, 0.3) is 5.56 Å². The summed E-state index contributed by atoms with van der Waals surface area (Å²) in [6.07, 6.45) is 1.33. The van der Waals surface area contributed by atoms with Crippen LogP contribution < -0.4 is 10.9 Å². The number of benzene rings is 1. The van der Waals surface area contributed by atoms with Crippen molar-refractivity contribution in [1.29, 1.82) is 0 Å². The van der Waals surface area contributed by atoms with Crippen LogP contribution in [0.1, 0.15) is 33.6 Å². The molecule has 0 aliphatic carbocycles. The van der Waals surface area contributed by atoms with Gasteiger partial charge in [-0.1, -0.05) is 17.7 Å². The topological polar surface area (TPSA) is 100 Å². The molecule has 1 aromatic carbocycles. The second kappa shape index (κ2) is 7.75. The Morgan fingerprint density at radius 3 is 2.60 bits per heavy atom. The minimum absolute atomic E-state index is 0.209. The zero-order chi connectivity index (χ0) is 21.5. The Hall–Kier alpha value is -2.87. The molecule has 1 amide bonds. The Kier molecular flexibility index (Phi) is 5.27. The normalized spacial score (nSPS) is 15.5. The van der Waals surface area contributed by atoms with Crippen LogP contribution in [0.4, 0.5) is 10.5 Å². The first-order valence-electron chi connectivity index (χ1n) is 9.93. The quantitative estimate of drug-likeness (QED) is 0.598. The predicted molar refractivity (Wildman–Crippen MR) is 117 cm³/mol. The minimum Gasteiger partial charge on any atom is -0.444 e. The lowest BCUT2D eigenvalue weighted by molar-refractivity contribution is 0.0210. The number of amides is 1. The maximum absolute atomic E-state index is 12.5. The number of ether oxygens (including phenoxy) is 1. The number of pyridine rings is 1. The number of carbonyl (C=O) groups is 1. The summed E-state index contributed by atoms with van der Waals surface area (Å²) in [5.41, 5.74) is 0.547. The molecule has 0 radical (unpaired) electrons. The number of H-pyrrole nitrogens is 1. The molecule has 9 heteroatoms. The minimum atomic E-state index is -0.496. The first-order valence-corrected chi connectivity index (χ1v) is 10.3. The zero-order valence-electron chi connectivity index (χ0n) is 17.2. The van der Waals surface area contributed by atoms with Gasteiger partial charge in [0.15, 0.2) is 10.8 Å². The van der Waals surface area contributed by atoms with Gasteiger partial charge in [0.2, 0.25) is 0 Å². The van der Waals surface area contributed by atoms with E-state index in [0.29, 0.717) is 24.1 Å². The number of anilines is 1. The number of halogens is 1. The van der Waals surface area contributed by atoms with Crippen molar-refractivity contribution in [2.75, 3.05) is 18.4 Å². The first-order chi connectivity index (χ1) is 14.2. The number of fused-ring (bicyclic) bond motifs is 3. The highest BCUT2D eigenvalue weighted by atomic mass is 35.5. The molecule has 1 saturated heterocycles. The van der Waals surface area contributed by atoms with Crippen LogP contribution in [-0.2, 0) is 4.74 Å². The molecule has 0 unspecified atom stereocenters. The van der Waals surface area contributed by atoms with Crippen molar-refractivity contribution in [3.8, 4) is 0 Å². The van der Waals surface area contributed by atoms with Gasteiger partial charge >= 0.3 is 6.09 Å². The Labute approximate surface area is 178 Å². The number of aromatic amines is 1. The summed E-state index contributed by atoms with van der Waals surface area (Å²) in [6.45, 7) is 6.85. The zero-order valence-corrected chi connectivity index (χ0v) is 17.9. The second-order valence-corrected chi connectivity index (χ2v) is 8.92. The average Bonchev–Trinajstić information content (AvgIpc) is 2.68. The molecule has 0 bridgehead atoms. The molecule has 0 atom stereocenters. The van der Waals surface area contributed by atoms with Crippen molar-refractivity contribution in [2.24, 2.45) is 0 Å². The summed E-state index contributed by atoms with van der Waals surface area (Å²) in [5.74, 6) is 0. The van der Waals surface area contributed by atoms with Gasteiger partial charge in [0.05, 0.1) is 0 Å². The van der Waals surface area contributed by atoms with E-state index < -0.39 is 5.60 Å². The molecule has 0 spiro atoms. The molecular weight excluding hydrogens is 406 g/mol. The molecule has 2 N–H and O–H groups in total. The van der Waals surface area contributed by atoms with Gasteiger partial charge in [-0.15, -0.1) is 10.2 Å². The van der Waals surface area contributed by atoms with Crippen LogP contribution in [0, 0.1) is 0 Å². The van der Waals surface area contributed by atoms with Crippen molar-refractivity contribution in [3.63, 3.8) is 0 Å². The smallest absolute Gasteiger partial charge is 0.410 e. The van der Waals surface area contributed by atoms with Crippen LogP contribution in [0.2, 0.25) is 5.15 Å². The molecule has 2 aromatic heterocycles. The number of nitrogens with one attached hydrogen (secondary N) is 2. The van der Waals surface area contributed by atoms with E-state index in [1.807, 2.05) is 39.0 Å². The third-order valence-corrected chi connectivity index (χ3v) is 5.25. The molecule has 1 fully saturated rings. The fourth-order valence-electron chi connectivity index (χ4n) is 3.67. The number of hydrogen-bond donors (Lipinski definition) is 2. The molecule has 0 saturated carbocycles. The molecule has 8 nitrogen and oxygen atoms in total. The maximum atomic E-state index is 12.5. The van der Waals surface area contributed by atoms with E-state index in [1.165, 1.54) is 0 Å². The van der Waals surface area contributed by atoms with Crippen LogP contribution in [0.25, 0.3) is 21.8 Å². The van der Waals surface area contributed by atoms with Crippen LogP contribution in [-0.4, -0.2) is 50.9 Å². The van der Waals surface area contributed by atoms with Gasteiger partial charge in [-0.2, -0.15) is 0 Å². The highest BCUT2D eigenvalue weighted by Gasteiger charge is 2.26. The van der Waals surface area contributed by atoms with Crippen LogP contribution in [0.5, 0.6) is 0 Å². The van der Waals surface area contributed by atoms with Gasteiger partial charge < -0.3 is 19.9 Å². The van der Waals surface area contributed by atoms with E-state index in [2.05, 4.69) is 20.5 Å². The van der Waals surface area contributed by atoms with E-state index in [0.717, 1.165) is 29.3 Å². The standard InChI is InChI=1S/C21H24ClN5O3/c1-21(2,3)30-20(29)27-8-6-12(7-9-27)23-13-4-5-14-15-11-17(22)25-26-18(15)24-19(28)16(14)10-13/h4-5,10-12,23H,6-9H2,1-3H3,(H,24,26,28). The molecule has 4 rings (SSSR count). The van der Waals surface area contributed by atoms with Gasteiger partial charge in [0, 0.05) is 35.6 Å². The Morgan fingerprint density at radius 2 is 1.90 bits per heavy atom. The molecule has 1 aliphatic rings. The van der Waals surface area contributed by atoms with E-state index in [-0.39, 0.29) is 22.8 Å². The van der Waals surface area contributed by atoms with Crippen molar-refractivity contribution < 1.29 is 9.53 Å². The lowest BCUT2D eigenvalue weighted by atomic mass is 10.0. The fourth-order valence-corrected chi connectivity index (χ4v) is 3.81. The van der Waals surface area contributed by atoms with E-state index in [9.17, 15) is 9.59 Å². The van der Waals surface area contributed by atoms with Crippen molar-refractivity contribution in [2.45, 2.75) is 45.3 Å². The Bertz CT molecular complexity index is 1160. The van der Waals surface area contributed by atoms with Crippen LogP contribution >= 0.6 is 11.6 Å². The summed E-state index contributed by atoms with van der Waals surface area (Å²) in [6, 6.07) is 7.57. The van der Waals surface area contributed by atoms with Crippen LogP contribution in [0.3, 0.4) is 0 Å². The monoisotopic (exact) mass is 429 g/mol. The summed E-state index contributed by atoms with van der Waals surface area (Å²) in [7, 11) is 0. The van der Waals surface area contributed by atoms with Gasteiger partial charge in [0.1, 0.15) is 5.60 Å². The molecule has 3 aromatic rings. The number of aromatic nitrogens is 3. The lowest BCUT2D eigenvalue weighted by Crippen LogP contribution is -2.44. The summed E-state index contributed by atoms with van der Waals surface area (Å²) in [4.78, 5) is 29.2. The van der Waals surface area contributed by atoms with Gasteiger partial charge in [-0.05, 0) is 57.2 Å². The number of likely N-dealkylation sites (tertiary alicyclic amines) is 1. The molecule has 158 valence electrons. The van der Waals surface area contributed by atoms with E-state index in [4.69, 9.17) is 16.3 Å². The highest BCUT2D eigenvalue weighted by molar-refractivity contribution is 6.30. The van der Waals surface area contributed by atoms with Gasteiger partial charge in [-0.25, -0.2) is 4.79 Å². The van der Waals surface area contributed by atoms with E-state index >= 15 is 0 Å². The Morgan fingerprint density at radius 1 is 1.17 bits per heavy atom. The summed E-state index contributed by atoms with van der Waals surface area (Å²) >= 11 is 5.97. The van der Waals surface area contributed by atoms with Crippen molar-refractivity contribution >= 4 is 45.2 Å².